The van der Waals surface area contributed by atoms with E-state index in [9.17, 15) is 9.90 Å². The van der Waals surface area contributed by atoms with E-state index in [1.807, 2.05) is 30.3 Å². The Morgan fingerprint density at radius 3 is 2.52 bits per heavy atom. The van der Waals surface area contributed by atoms with E-state index in [0.717, 1.165) is 12.0 Å². The van der Waals surface area contributed by atoms with Crippen molar-refractivity contribution < 1.29 is 9.90 Å². The predicted octanol–water partition coefficient (Wildman–Crippen LogP) is 5.09. The van der Waals surface area contributed by atoms with Crippen LogP contribution in [-0.4, -0.2) is 10.9 Å². The number of hydrogen-bond donors (Lipinski definition) is 1. The number of halogens is 1. The van der Waals surface area contributed by atoms with Crippen LogP contribution in [0.25, 0.3) is 0 Å². The van der Waals surface area contributed by atoms with Gasteiger partial charge in [0, 0.05) is 17.5 Å². The third-order valence-electron chi connectivity index (χ3n) is 3.79. The van der Waals surface area contributed by atoms with Gasteiger partial charge in [0.25, 0.3) is 0 Å². The lowest BCUT2D eigenvalue weighted by Gasteiger charge is -2.14. The fourth-order valence-electron chi connectivity index (χ4n) is 2.23. The highest BCUT2D eigenvalue weighted by atomic mass is 79.9. The molecule has 1 atom stereocenters. The maximum atomic E-state index is 12.3. The quantitative estimate of drug-likeness (QED) is 0.765. The zero-order chi connectivity index (χ0) is 15.4. The summed E-state index contributed by atoms with van der Waals surface area (Å²) in [7, 11) is 0. The van der Waals surface area contributed by atoms with Crippen molar-refractivity contribution in [2.75, 3.05) is 0 Å². The van der Waals surface area contributed by atoms with Gasteiger partial charge in [0.1, 0.15) is 5.75 Å². The van der Waals surface area contributed by atoms with E-state index >= 15 is 0 Å². The molecule has 0 amide bonds. The zero-order valence-corrected chi connectivity index (χ0v) is 13.9. The third kappa shape index (κ3) is 3.73. The van der Waals surface area contributed by atoms with Crippen LogP contribution >= 0.6 is 15.9 Å². The van der Waals surface area contributed by atoms with Crippen molar-refractivity contribution in [3.63, 3.8) is 0 Å². The first-order chi connectivity index (χ1) is 10.0. The summed E-state index contributed by atoms with van der Waals surface area (Å²) in [6, 6.07) is 13.0. The van der Waals surface area contributed by atoms with Crippen molar-refractivity contribution in [1.82, 2.24) is 0 Å². The molecule has 2 aromatic carbocycles. The molecular weight excluding hydrogens is 328 g/mol. The van der Waals surface area contributed by atoms with Crippen LogP contribution in [0, 0.1) is 0 Å². The van der Waals surface area contributed by atoms with Crippen molar-refractivity contribution in [2.24, 2.45) is 0 Å². The molecule has 0 aliphatic carbocycles. The molecule has 0 aliphatic rings. The van der Waals surface area contributed by atoms with Gasteiger partial charge in [-0.1, -0.05) is 50.2 Å². The van der Waals surface area contributed by atoms with E-state index < -0.39 is 0 Å². The predicted molar refractivity (Wildman–Crippen MR) is 89.0 cm³/mol. The van der Waals surface area contributed by atoms with Gasteiger partial charge in [-0.15, -0.1) is 0 Å². The van der Waals surface area contributed by atoms with Gasteiger partial charge < -0.3 is 5.11 Å². The number of ketones is 1. The number of aromatic hydroxyl groups is 1. The minimum Gasteiger partial charge on any atom is -0.506 e. The van der Waals surface area contributed by atoms with Gasteiger partial charge >= 0.3 is 0 Å². The number of hydrogen-bond acceptors (Lipinski definition) is 2. The topological polar surface area (TPSA) is 37.3 Å². The van der Waals surface area contributed by atoms with Crippen LogP contribution in [0.3, 0.4) is 0 Å². The van der Waals surface area contributed by atoms with Crippen LogP contribution in [-0.2, 0) is 6.42 Å². The average molecular weight is 347 g/mol. The molecule has 3 heteroatoms. The summed E-state index contributed by atoms with van der Waals surface area (Å²) in [6.45, 7) is 4.27. The first-order valence-corrected chi connectivity index (χ1v) is 7.91. The smallest absolute Gasteiger partial charge is 0.167 e. The first-order valence-electron chi connectivity index (χ1n) is 7.12. The van der Waals surface area contributed by atoms with E-state index in [0.29, 0.717) is 21.5 Å². The van der Waals surface area contributed by atoms with Gasteiger partial charge in [0.15, 0.2) is 5.78 Å². The molecule has 1 N–H and O–H groups in total. The summed E-state index contributed by atoms with van der Waals surface area (Å²) in [4.78, 5) is 12.3. The summed E-state index contributed by atoms with van der Waals surface area (Å²) >= 11 is 3.38. The third-order valence-corrected chi connectivity index (χ3v) is 4.40. The van der Waals surface area contributed by atoms with E-state index in [-0.39, 0.29) is 18.0 Å². The molecule has 0 spiro atoms. The molecule has 2 aromatic rings. The van der Waals surface area contributed by atoms with Crippen LogP contribution in [0.1, 0.15) is 47.7 Å². The number of phenols is 1. The molecule has 0 heterocycles. The Kier molecular flexibility index (Phi) is 5.18. The summed E-state index contributed by atoms with van der Waals surface area (Å²) in [6.07, 6.45) is 1.22. The second-order valence-electron chi connectivity index (χ2n) is 5.29. The van der Waals surface area contributed by atoms with Gasteiger partial charge in [0.05, 0.1) is 4.47 Å². The van der Waals surface area contributed by atoms with Crippen LogP contribution in [0.15, 0.2) is 46.9 Å². The fraction of sp³-hybridized carbons (Fsp3) is 0.278. The van der Waals surface area contributed by atoms with Gasteiger partial charge in [0.2, 0.25) is 0 Å². The monoisotopic (exact) mass is 346 g/mol. The maximum Gasteiger partial charge on any atom is 0.167 e. The molecule has 2 rings (SSSR count). The normalized spacial score (nSPS) is 12.1. The standard InChI is InChI=1S/C18H19BrO2/c1-3-12(2)14-9-15(18(21)16(19)10-14)11-17(20)13-7-5-4-6-8-13/h4-10,12,21H,3,11H2,1-2H3. The molecule has 0 aromatic heterocycles. The van der Waals surface area contributed by atoms with Crippen molar-refractivity contribution in [3.05, 3.63) is 63.6 Å². The fourth-order valence-corrected chi connectivity index (χ4v) is 2.75. The second kappa shape index (κ2) is 6.90. The Labute approximate surface area is 134 Å². The number of carbonyl (C=O) groups excluding carboxylic acids is 1. The number of carbonyl (C=O) groups is 1. The minimum absolute atomic E-state index is 0.0131. The van der Waals surface area contributed by atoms with Crippen LogP contribution in [0.4, 0.5) is 0 Å². The van der Waals surface area contributed by atoms with E-state index in [4.69, 9.17) is 0 Å². The highest BCUT2D eigenvalue weighted by molar-refractivity contribution is 9.10. The molecule has 0 saturated heterocycles. The van der Waals surface area contributed by atoms with Crippen molar-refractivity contribution >= 4 is 21.7 Å². The zero-order valence-electron chi connectivity index (χ0n) is 12.3. The Bertz CT molecular complexity index is 635. The molecule has 1 unspecified atom stereocenters. The number of benzene rings is 2. The number of phenolic OH excluding ortho intramolecular Hbond substituents is 1. The lowest BCUT2D eigenvalue weighted by Crippen LogP contribution is -2.05. The van der Waals surface area contributed by atoms with Gasteiger partial charge in [-0.2, -0.15) is 0 Å². The molecule has 0 radical (unpaired) electrons. The van der Waals surface area contributed by atoms with Crippen molar-refractivity contribution in [2.45, 2.75) is 32.6 Å². The van der Waals surface area contributed by atoms with E-state index in [1.165, 1.54) is 0 Å². The molecule has 0 bridgehead atoms. The van der Waals surface area contributed by atoms with Gasteiger partial charge in [-0.3, -0.25) is 4.79 Å². The Morgan fingerprint density at radius 1 is 1.24 bits per heavy atom. The highest BCUT2D eigenvalue weighted by Gasteiger charge is 2.15. The van der Waals surface area contributed by atoms with Crippen LogP contribution in [0.5, 0.6) is 5.75 Å². The SMILES string of the molecule is CCC(C)c1cc(Br)c(O)c(CC(=O)c2ccccc2)c1. The maximum absolute atomic E-state index is 12.3. The molecule has 0 aliphatic heterocycles. The Hall–Kier alpha value is -1.61. The van der Waals surface area contributed by atoms with Crippen LogP contribution < -0.4 is 0 Å². The van der Waals surface area contributed by atoms with E-state index in [2.05, 4.69) is 29.8 Å². The lowest BCUT2D eigenvalue weighted by molar-refractivity contribution is 0.0992. The average Bonchev–Trinajstić information content (AvgIpc) is 2.51. The summed E-state index contributed by atoms with van der Waals surface area (Å²) in [5.74, 6) is 0.568. The lowest BCUT2D eigenvalue weighted by atomic mass is 9.94. The molecule has 2 nitrogen and oxygen atoms in total. The summed E-state index contributed by atoms with van der Waals surface area (Å²) in [5.41, 5.74) is 2.48. The minimum atomic E-state index is 0.0131. The molecule has 110 valence electrons. The summed E-state index contributed by atoms with van der Waals surface area (Å²) < 4.78 is 0.649. The molecular formula is C18H19BrO2. The van der Waals surface area contributed by atoms with Crippen LogP contribution in [0.2, 0.25) is 0 Å². The molecule has 21 heavy (non-hydrogen) atoms. The molecule has 0 saturated carbocycles. The second-order valence-corrected chi connectivity index (χ2v) is 6.14. The number of rotatable bonds is 5. The Balaban J connectivity index is 2.31. The van der Waals surface area contributed by atoms with E-state index in [1.54, 1.807) is 12.1 Å². The summed E-state index contributed by atoms with van der Waals surface area (Å²) in [5, 5.41) is 10.2. The highest BCUT2D eigenvalue weighted by Crippen LogP contribution is 2.33. The first kappa shape index (κ1) is 15.8. The van der Waals surface area contributed by atoms with Gasteiger partial charge in [-0.25, -0.2) is 0 Å². The van der Waals surface area contributed by atoms with Crippen molar-refractivity contribution in [1.29, 1.82) is 0 Å². The number of Topliss-reactive ketones (excluding diaryl/α,β-unsaturated/α-hetero) is 1. The Morgan fingerprint density at radius 2 is 1.90 bits per heavy atom. The molecule has 0 fully saturated rings. The van der Waals surface area contributed by atoms with Gasteiger partial charge in [-0.05, 0) is 39.9 Å². The largest absolute Gasteiger partial charge is 0.506 e. The van der Waals surface area contributed by atoms with Crippen molar-refractivity contribution in [3.8, 4) is 5.75 Å².